The average molecular weight is 578 g/mol. The first-order valence-electron chi connectivity index (χ1n) is 8.54. The minimum absolute atomic E-state index is 0. The Balaban J connectivity index is -0.000000333. The van der Waals surface area contributed by atoms with Gasteiger partial charge in [-0.15, -0.1) is 18.2 Å². The molecule has 0 saturated heterocycles. The Kier molecular flexibility index (Phi) is 27.2. The zero-order valence-corrected chi connectivity index (χ0v) is 19.3. The summed E-state index contributed by atoms with van der Waals surface area (Å²) in [6.45, 7) is 6.94. The van der Waals surface area contributed by atoms with Gasteiger partial charge in [0.15, 0.2) is 0 Å². The van der Waals surface area contributed by atoms with Crippen molar-refractivity contribution in [1.29, 1.82) is 0 Å². The molecule has 0 aliphatic rings. The number of aromatic nitrogens is 1. The van der Waals surface area contributed by atoms with Crippen molar-refractivity contribution in [3.8, 4) is 0 Å². The van der Waals surface area contributed by atoms with Crippen LogP contribution in [0.4, 0.5) is 0 Å². The van der Waals surface area contributed by atoms with Gasteiger partial charge in [-0.1, -0.05) is 46.1 Å². The van der Waals surface area contributed by atoms with Gasteiger partial charge in [-0.2, -0.15) is 0 Å². The third-order valence-electron chi connectivity index (χ3n) is 3.05. The fourth-order valence-corrected chi connectivity index (χ4v) is 4.75. The Labute approximate surface area is 172 Å². The Morgan fingerprint density at radius 1 is 0.720 bits per heavy atom. The van der Waals surface area contributed by atoms with E-state index in [1.54, 1.807) is 30.9 Å². The molecule has 1 rings (SSSR count). The van der Waals surface area contributed by atoms with Gasteiger partial charge in [-0.05, 0) is 49.9 Å². The van der Waals surface area contributed by atoms with E-state index in [4.69, 9.17) is 18.6 Å². The minimum Gasteiger partial charge on any atom is -0.265 e. The van der Waals surface area contributed by atoms with Crippen LogP contribution < -0.4 is 18.6 Å². The number of pyridine rings is 1. The molecular weight excluding hydrogens is 546 g/mol. The number of nitrogens with zero attached hydrogens (tertiary/aromatic N) is 1. The van der Waals surface area contributed by atoms with Crippen molar-refractivity contribution in [3.63, 3.8) is 0 Å². The van der Waals surface area contributed by atoms with Crippen molar-refractivity contribution in [2.75, 3.05) is 18.5 Å². The van der Waals surface area contributed by atoms with Crippen LogP contribution in [-0.4, -0.2) is 23.5 Å². The molecule has 8 heteroatoms. The summed E-state index contributed by atoms with van der Waals surface area (Å²) in [5.41, 5.74) is 0. The van der Waals surface area contributed by atoms with Gasteiger partial charge >= 0.3 is 22.4 Å². The van der Waals surface area contributed by atoms with Crippen LogP contribution in [0.15, 0.2) is 30.6 Å². The van der Waals surface area contributed by atoms with E-state index in [-0.39, 0.29) is 22.4 Å². The van der Waals surface area contributed by atoms with Crippen LogP contribution in [0.2, 0.25) is 0 Å². The predicted octanol–water partition coefficient (Wildman–Crippen LogP) is 1.19. The zero-order chi connectivity index (χ0) is 18.7. The summed E-state index contributed by atoms with van der Waals surface area (Å²) in [5, 5.41) is 0. The monoisotopic (exact) mass is 577 g/mol. The number of hydrogen-bond donors (Lipinski definition) is 0. The van der Waals surface area contributed by atoms with Crippen LogP contribution in [-0.2, 0) is 22.4 Å². The first-order chi connectivity index (χ1) is 11.3. The van der Waals surface area contributed by atoms with Gasteiger partial charge in [0.1, 0.15) is 0 Å². The molecule has 0 aliphatic carbocycles. The Hall–Kier alpha value is 0.450. The molecule has 0 bridgehead atoms. The number of halogens is 1. The number of hydrogen-bond acceptors (Lipinski definition) is 5. The van der Waals surface area contributed by atoms with Crippen molar-refractivity contribution < 1.29 is 51.3 Å². The van der Waals surface area contributed by atoms with Crippen LogP contribution in [0.5, 0.6) is 0 Å². The normalized spacial score (nSPS) is 10.1. The maximum absolute atomic E-state index is 8.49. The van der Waals surface area contributed by atoms with Crippen LogP contribution in [0.3, 0.4) is 0 Å². The van der Waals surface area contributed by atoms with Crippen molar-refractivity contribution >= 4 is 7.92 Å². The molecule has 25 heavy (non-hydrogen) atoms. The molecule has 0 aromatic carbocycles. The molecule has 0 amide bonds. The SMILES string of the molecule is CCCCP(CCCC)CCCC.[Au+].[O-][Cl+3]([O-])([O-])[O-].c1ccncc1. The second-order valence-corrected chi connectivity index (χ2v) is 8.74. The Morgan fingerprint density at radius 2 is 1.04 bits per heavy atom. The van der Waals surface area contributed by atoms with Gasteiger partial charge in [-0.3, -0.25) is 4.98 Å². The quantitative estimate of drug-likeness (QED) is 0.324. The Morgan fingerprint density at radius 3 is 1.20 bits per heavy atom. The summed E-state index contributed by atoms with van der Waals surface area (Å²) in [6.07, 6.45) is 16.7. The Bertz CT molecular complexity index is 293. The van der Waals surface area contributed by atoms with Crippen LogP contribution in [0, 0.1) is 10.2 Å². The van der Waals surface area contributed by atoms with E-state index in [9.17, 15) is 0 Å². The first kappa shape index (κ1) is 30.2. The third kappa shape index (κ3) is 36.2. The van der Waals surface area contributed by atoms with Crippen molar-refractivity contribution in [1.82, 2.24) is 4.98 Å². The van der Waals surface area contributed by atoms with Crippen LogP contribution in [0.25, 0.3) is 0 Å². The second-order valence-electron chi connectivity index (χ2n) is 5.30. The molecule has 0 atom stereocenters. The molecular formula is C17H32AuClNO4P. The average Bonchev–Trinajstić information content (AvgIpc) is 2.55. The van der Waals surface area contributed by atoms with Crippen molar-refractivity contribution in [2.24, 2.45) is 0 Å². The van der Waals surface area contributed by atoms with E-state index < -0.39 is 10.2 Å². The summed E-state index contributed by atoms with van der Waals surface area (Å²) < 4.78 is 34.0. The standard InChI is InChI=1S/C12H27P.C5H5N.Au.ClHO4/c1-4-7-10-13(11-8-5-2)12-9-6-3;1-2-4-6-5-3-1;;2-1(3,4)5/h4-12H2,1-3H3;1-5H;;(H,2,3,4,5)/q;;+1;/p-1. The van der Waals surface area contributed by atoms with Gasteiger partial charge in [-0.25, -0.2) is 18.6 Å². The topological polar surface area (TPSA) is 105 Å². The summed E-state index contributed by atoms with van der Waals surface area (Å²) in [4.78, 5) is 3.78. The van der Waals surface area contributed by atoms with E-state index in [0.29, 0.717) is 7.92 Å². The molecule has 1 heterocycles. The van der Waals surface area contributed by atoms with E-state index >= 15 is 0 Å². The number of unbranched alkanes of at least 4 members (excludes halogenated alkanes) is 3. The van der Waals surface area contributed by atoms with Crippen LogP contribution in [0.1, 0.15) is 59.3 Å². The minimum atomic E-state index is -4.94. The molecule has 0 unspecified atom stereocenters. The molecule has 1 aromatic rings. The van der Waals surface area contributed by atoms with Gasteiger partial charge < -0.3 is 0 Å². The molecule has 0 radical (unpaired) electrons. The van der Waals surface area contributed by atoms with Crippen molar-refractivity contribution in [3.05, 3.63) is 30.6 Å². The van der Waals surface area contributed by atoms with Crippen LogP contribution >= 0.6 is 7.92 Å². The fourth-order valence-electron chi connectivity index (χ4n) is 1.79. The molecule has 5 nitrogen and oxygen atoms in total. The molecule has 0 saturated carbocycles. The van der Waals surface area contributed by atoms with Gasteiger partial charge in [0.25, 0.3) is 0 Å². The van der Waals surface area contributed by atoms with E-state index in [2.05, 4.69) is 25.8 Å². The summed E-state index contributed by atoms with van der Waals surface area (Å²) in [7, 11) is -4.52. The third-order valence-corrected chi connectivity index (χ3v) is 5.90. The first-order valence-corrected chi connectivity index (χ1v) is 11.7. The van der Waals surface area contributed by atoms with Gasteiger partial charge in [0.05, 0.1) is 0 Å². The number of rotatable bonds is 9. The van der Waals surface area contributed by atoms with E-state index in [1.807, 2.05) is 18.2 Å². The largest absolute Gasteiger partial charge is 1.00 e. The molecule has 0 N–H and O–H groups in total. The van der Waals surface area contributed by atoms with E-state index in [0.717, 1.165) is 0 Å². The smallest absolute Gasteiger partial charge is 0.265 e. The molecule has 0 fully saturated rings. The fraction of sp³-hybridized carbons (Fsp3) is 0.706. The second kappa shape index (κ2) is 22.5. The predicted molar refractivity (Wildman–Crippen MR) is 90.5 cm³/mol. The zero-order valence-electron chi connectivity index (χ0n) is 15.5. The van der Waals surface area contributed by atoms with E-state index in [1.165, 1.54) is 38.5 Å². The molecule has 152 valence electrons. The molecule has 0 aliphatic heterocycles. The maximum atomic E-state index is 8.49. The molecule has 0 spiro atoms. The van der Waals surface area contributed by atoms with Gasteiger partial charge in [0.2, 0.25) is 0 Å². The summed E-state index contributed by atoms with van der Waals surface area (Å²) in [5.74, 6) is 0. The van der Waals surface area contributed by atoms with Crippen molar-refractivity contribution in [2.45, 2.75) is 59.3 Å². The maximum Gasteiger partial charge on any atom is 1.00 e. The molecule has 1 aromatic heterocycles. The summed E-state index contributed by atoms with van der Waals surface area (Å²) in [6, 6.07) is 5.72. The van der Waals surface area contributed by atoms with Gasteiger partial charge in [0, 0.05) is 12.4 Å². The summed E-state index contributed by atoms with van der Waals surface area (Å²) >= 11 is 0.